The van der Waals surface area contributed by atoms with Crippen LogP contribution in [0.4, 0.5) is 0 Å². The summed E-state index contributed by atoms with van der Waals surface area (Å²) in [5.41, 5.74) is 0. The van der Waals surface area contributed by atoms with Crippen LogP contribution in [0.3, 0.4) is 0 Å². The molecule has 1 N–H and O–H groups in total. The lowest BCUT2D eigenvalue weighted by Crippen LogP contribution is -2.05. The second-order valence-electron chi connectivity index (χ2n) is 3.91. The summed E-state index contributed by atoms with van der Waals surface area (Å²) >= 11 is 0. The molecule has 0 spiro atoms. The summed E-state index contributed by atoms with van der Waals surface area (Å²) in [7, 11) is 0. The van der Waals surface area contributed by atoms with E-state index in [1.54, 1.807) is 0 Å². The summed E-state index contributed by atoms with van der Waals surface area (Å²) in [5.74, 6) is 0. The van der Waals surface area contributed by atoms with Crippen molar-refractivity contribution in [3.63, 3.8) is 0 Å². The minimum Gasteiger partial charge on any atom is -0.393 e. The van der Waals surface area contributed by atoms with Crippen LogP contribution in [0.25, 0.3) is 0 Å². The molecule has 0 aromatic rings. The predicted molar refractivity (Wildman–Crippen MR) is 58.8 cm³/mol. The van der Waals surface area contributed by atoms with Crippen LogP contribution >= 0.6 is 0 Å². The van der Waals surface area contributed by atoms with Crippen molar-refractivity contribution in [2.45, 2.75) is 70.8 Å². The molecule has 0 radical (unpaired) electrons. The van der Waals surface area contributed by atoms with Crippen LogP contribution in [-0.2, 0) is 0 Å². The highest BCUT2D eigenvalue weighted by molar-refractivity contribution is 4.67. The molecule has 1 unspecified atom stereocenters. The van der Waals surface area contributed by atoms with Crippen LogP contribution in [0.15, 0.2) is 0 Å². The van der Waals surface area contributed by atoms with Gasteiger partial charge in [0.05, 0.1) is 12.2 Å². The Morgan fingerprint density at radius 3 is 2.36 bits per heavy atom. The first-order valence-corrected chi connectivity index (χ1v) is 5.86. The number of hydrogen-bond donors (Lipinski definition) is 1. The monoisotopic (exact) mass is 197 g/mol. The van der Waals surface area contributed by atoms with E-state index in [2.05, 4.69) is 13.0 Å². The highest BCUT2D eigenvalue weighted by atomic mass is 16.3. The molecule has 0 aliphatic rings. The molecule has 1 atom stereocenters. The van der Waals surface area contributed by atoms with Crippen molar-refractivity contribution in [3.8, 4) is 6.07 Å². The zero-order valence-corrected chi connectivity index (χ0v) is 9.34. The first kappa shape index (κ1) is 13.4. The predicted octanol–water partition coefficient (Wildman–Crippen LogP) is 3.40. The van der Waals surface area contributed by atoms with Crippen molar-refractivity contribution < 1.29 is 5.11 Å². The smallest absolute Gasteiger partial charge is 0.0621 e. The van der Waals surface area contributed by atoms with Crippen molar-refractivity contribution in [2.75, 3.05) is 0 Å². The number of hydrogen-bond acceptors (Lipinski definition) is 2. The Morgan fingerprint density at radius 1 is 1.07 bits per heavy atom. The van der Waals surface area contributed by atoms with Crippen LogP contribution < -0.4 is 0 Å². The molecule has 0 rings (SSSR count). The van der Waals surface area contributed by atoms with Gasteiger partial charge in [0.15, 0.2) is 0 Å². The topological polar surface area (TPSA) is 44.0 Å². The van der Waals surface area contributed by atoms with Crippen LogP contribution in [-0.4, -0.2) is 11.2 Å². The largest absolute Gasteiger partial charge is 0.393 e. The lowest BCUT2D eigenvalue weighted by molar-refractivity contribution is 0.148. The van der Waals surface area contributed by atoms with E-state index < -0.39 is 0 Å². The van der Waals surface area contributed by atoms with Gasteiger partial charge < -0.3 is 5.11 Å². The number of nitriles is 1. The SMILES string of the molecule is CCCCC(O)CCCCCCC#N. The molecule has 2 nitrogen and oxygen atoms in total. The Balaban J connectivity index is 3.07. The molecule has 0 heterocycles. The van der Waals surface area contributed by atoms with E-state index in [1.807, 2.05) is 0 Å². The zero-order valence-electron chi connectivity index (χ0n) is 9.34. The van der Waals surface area contributed by atoms with E-state index in [1.165, 1.54) is 6.42 Å². The van der Waals surface area contributed by atoms with Gasteiger partial charge in [-0.25, -0.2) is 0 Å². The molecular weight excluding hydrogens is 174 g/mol. The van der Waals surface area contributed by atoms with Crippen molar-refractivity contribution in [1.29, 1.82) is 5.26 Å². The van der Waals surface area contributed by atoms with Crippen LogP contribution in [0.2, 0.25) is 0 Å². The highest BCUT2D eigenvalue weighted by Crippen LogP contribution is 2.10. The van der Waals surface area contributed by atoms with Crippen LogP contribution in [0.1, 0.15) is 64.7 Å². The lowest BCUT2D eigenvalue weighted by Gasteiger charge is -2.08. The molecule has 0 aliphatic heterocycles. The van der Waals surface area contributed by atoms with Gasteiger partial charge in [-0.1, -0.05) is 39.0 Å². The van der Waals surface area contributed by atoms with Gasteiger partial charge in [0, 0.05) is 6.42 Å². The molecule has 0 fully saturated rings. The Morgan fingerprint density at radius 2 is 1.71 bits per heavy atom. The van der Waals surface area contributed by atoms with E-state index in [0.29, 0.717) is 6.42 Å². The highest BCUT2D eigenvalue weighted by Gasteiger charge is 2.02. The maximum absolute atomic E-state index is 9.53. The van der Waals surface area contributed by atoms with Crippen LogP contribution in [0.5, 0.6) is 0 Å². The number of unbranched alkanes of at least 4 members (excludes halogenated alkanes) is 5. The number of rotatable bonds is 9. The molecule has 0 saturated heterocycles. The molecule has 0 aromatic heterocycles. The normalized spacial score (nSPS) is 12.4. The summed E-state index contributed by atoms with van der Waals surface area (Å²) in [6.07, 6.45) is 9.19. The molecule has 82 valence electrons. The maximum atomic E-state index is 9.53. The summed E-state index contributed by atoms with van der Waals surface area (Å²) in [6.45, 7) is 2.15. The summed E-state index contributed by atoms with van der Waals surface area (Å²) in [5, 5.41) is 17.8. The molecular formula is C12H23NO. The standard InChI is InChI=1S/C12H23NO/c1-2-3-9-12(14)10-7-5-4-6-8-11-13/h12,14H,2-10H2,1H3. The Hall–Kier alpha value is -0.550. The lowest BCUT2D eigenvalue weighted by atomic mass is 10.0. The maximum Gasteiger partial charge on any atom is 0.0621 e. The van der Waals surface area contributed by atoms with Gasteiger partial charge in [0.25, 0.3) is 0 Å². The molecule has 14 heavy (non-hydrogen) atoms. The van der Waals surface area contributed by atoms with E-state index in [-0.39, 0.29) is 6.10 Å². The third kappa shape index (κ3) is 9.54. The van der Waals surface area contributed by atoms with Gasteiger partial charge in [0.2, 0.25) is 0 Å². The van der Waals surface area contributed by atoms with E-state index in [0.717, 1.165) is 44.9 Å². The van der Waals surface area contributed by atoms with Crippen molar-refractivity contribution in [1.82, 2.24) is 0 Å². The van der Waals surface area contributed by atoms with E-state index >= 15 is 0 Å². The molecule has 0 bridgehead atoms. The summed E-state index contributed by atoms with van der Waals surface area (Å²) in [6, 6.07) is 2.15. The van der Waals surface area contributed by atoms with Gasteiger partial charge in [-0.3, -0.25) is 0 Å². The average Bonchev–Trinajstić information content (AvgIpc) is 2.20. The number of nitrogens with zero attached hydrogens (tertiary/aromatic N) is 1. The van der Waals surface area contributed by atoms with Crippen molar-refractivity contribution in [3.05, 3.63) is 0 Å². The first-order valence-electron chi connectivity index (χ1n) is 5.86. The third-order valence-corrected chi connectivity index (χ3v) is 2.47. The second kappa shape index (κ2) is 10.5. The van der Waals surface area contributed by atoms with Crippen LogP contribution in [0, 0.1) is 11.3 Å². The molecule has 0 amide bonds. The summed E-state index contributed by atoms with van der Waals surface area (Å²) < 4.78 is 0. The third-order valence-electron chi connectivity index (χ3n) is 2.47. The Bertz CT molecular complexity index is 151. The average molecular weight is 197 g/mol. The van der Waals surface area contributed by atoms with Gasteiger partial charge in [-0.05, 0) is 19.3 Å². The zero-order chi connectivity index (χ0) is 10.6. The molecule has 2 heteroatoms. The number of aliphatic hydroxyl groups is 1. The first-order chi connectivity index (χ1) is 6.81. The minimum atomic E-state index is -0.0917. The van der Waals surface area contributed by atoms with Crippen molar-refractivity contribution >= 4 is 0 Å². The van der Waals surface area contributed by atoms with Gasteiger partial charge >= 0.3 is 0 Å². The minimum absolute atomic E-state index is 0.0917. The fourth-order valence-corrected chi connectivity index (χ4v) is 1.52. The van der Waals surface area contributed by atoms with Gasteiger partial charge in [-0.2, -0.15) is 5.26 Å². The fraction of sp³-hybridized carbons (Fsp3) is 0.917. The molecule has 0 saturated carbocycles. The quantitative estimate of drug-likeness (QED) is 0.576. The Kier molecular flexibility index (Phi) is 10.1. The van der Waals surface area contributed by atoms with E-state index in [9.17, 15) is 5.11 Å². The van der Waals surface area contributed by atoms with Gasteiger partial charge in [-0.15, -0.1) is 0 Å². The van der Waals surface area contributed by atoms with Gasteiger partial charge in [0.1, 0.15) is 0 Å². The second-order valence-corrected chi connectivity index (χ2v) is 3.91. The van der Waals surface area contributed by atoms with Crippen molar-refractivity contribution in [2.24, 2.45) is 0 Å². The fourth-order valence-electron chi connectivity index (χ4n) is 1.52. The Labute approximate surface area is 87.9 Å². The molecule has 0 aliphatic carbocycles. The molecule has 0 aromatic carbocycles. The number of aliphatic hydroxyl groups excluding tert-OH is 1. The summed E-state index contributed by atoms with van der Waals surface area (Å²) in [4.78, 5) is 0. The van der Waals surface area contributed by atoms with E-state index in [4.69, 9.17) is 5.26 Å².